The van der Waals surface area contributed by atoms with Gasteiger partial charge in [0.25, 0.3) is 0 Å². The average molecular weight is 332 g/mol. The third-order valence-electron chi connectivity index (χ3n) is 3.65. The van der Waals surface area contributed by atoms with Crippen LogP contribution in [0.15, 0.2) is 42.0 Å². The molecule has 8 nitrogen and oxygen atoms in total. The van der Waals surface area contributed by atoms with Gasteiger partial charge in [0.15, 0.2) is 0 Å². The van der Waals surface area contributed by atoms with Gasteiger partial charge in [-0.05, 0) is 35.4 Å². The van der Waals surface area contributed by atoms with Gasteiger partial charge >= 0.3 is 23.9 Å². The smallest absolute Gasteiger partial charge is 0.335 e. The van der Waals surface area contributed by atoms with E-state index >= 15 is 0 Å². The minimum absolute atomic E-state index is 0.0870. The number of carbonyl (C=O) groups is 4. The van der Waals surface area contributed by atoms with Gasteiger partial charge in [-0.1, -0.05) is 12.1 Å². The first-order valence-electron chi connectivity index (χ1n) is 6.64. The van der Waals surface area contributed by atoms with Crippen LogP contribution in [0.1, 0.15) is 22.3 Å². The summed E-state index contributed by atoms with van der Waals surface area (Å²) in [5.74, 6) is -6.13. The zero-order valence-electron chi connectivity index (χ0n) is 12.1. The van der Waals surface area contributed by atoms with Crippen molar-refractivity contribution in [1.29, 1.82) is 0 Å². The molecule has 1 aromatic carbocycles. The molecule has 124 valence electrons. The first kappa shape index (κ1) is 16.9. The van der Waals surface area contributed by atoms with Crippen molar-refractivity contribution in [1.82, 2.24) is 0 Å². The Morgan fingerprint density at radius 3 is 2.00 bits per heavy atom. The maximum absolute atomic E-state index is 11.5. The van der Waals surface area contributed by atoms with Gasteiger partial charge in [0.2, 0.25) is 5.41 Å². The highest BCUT2D eigenvalue weighted by atomic mass is 16.4. The van der Waals surface area contributed by atoms with E-state index in [1.165, 1.54) is 24.3 Å². The van der Waals surface area contributed by atoms with E-state index in [1.54, 1.807) is 0 Å². The lowest BCUT2D eigenvalue weighted by atomic mass is 9.76. The van der Waals surface area contributed by atoms with Crippen LogP contribution >= 0.6 is 0 Å². The summed E-state index contributed by atoms with van der Waals surface area (Å²) < 4.78 is 0. The van der Waals surface area contributed by atoms with Gasteiger partial charge in [0.1, 0.15) is 0 Å². The lowest BCUT2D eigenvalue weighted by molar-refractivity contribution is -0.157. The van der Waals surface area contributed by atoms with Crippen LogP contribution < -0.4 is 0 Å². The summed E-state index contributed by atoms with van der Waals surface area (Å²) in [5.41, 5.74) is -2.65. The summed E-state index contributed by atoms with van der Waals surface area (Å²) in [5, 5.41) is 36.8. The molecule has 0 aliphatic heterocycles. The van der Waals surface area contributed by atoms with Gasteiger partial charge in [-0.25, -0.2) is 9.59 Å². The Hall–Kier alpha value is -3.42. The molecule has 0 unspecified atom stereocenters. The number of hydrogen-bond donors (Lipinski definition) is 4. The van der Waals surface area contributed by atoms with Crippen molar-refractivity contribution < 1.29 is 39.6 Å². The zero-order valence-corrected chi connectivity index (χ0v) is 12.1. The van der Waals surface area contributed by atoms with Gasteiger partial charge in [0.05, 0.1) is 5.56 Å². The highest BCUT2D eigenvalue weighted by Crippen LogP contribution is 2.37. The highest BCUT2D eigenvalue weighted by molar-refractivity contribution is 6.07. The summed E-state index contributed by atoms with van der Waals surface area (Å²) >= 11 is 0. The maximum atomic E-state index is 11.5. The van der Waals surface area contributed by atoms with E-state index in [2.05, 4.69) is 0 Å². The molecule has 0 atom stereocenters. The summed E-state index contributed by atoms with van der Waals surface area (Å²) in [4.78, 5) is 45.3. The van der Waals surface area contributed by atoms with Crippen LogP contribution in [0.25, 0.3) is 5.57 Å². The number of rotatable bonds is 5. The van der Waals surface area contributed by atoms with E-state index < -0.39 is 34.9 Å². The van der Waals surface area contributed by atoms with Crippen molar-refractivity contribution in [2.45, 2.75) is 6.42 Å². The van der Waals surface area contributed by atoms with Crippen molar-refractivity contribution >= 4 is 29.5 Å². The SMILES string of the molecule is O=C(O)C1=CC(C(=O)O)(C(=O)O)C=C(c2cccc(C(=O)O)c2)C1. The lowest BCUT2D eigenvalue weighted by Gasteiger charge is -2.25. The normalized spacial score (nSPS) is 15.8. The van der Waals surface area contributed by atoms with Crippen LogP contribution in [0.3, 0.4) is 0 Å². The minimum atomic E-state index is -2.53. The molecule has 1 aliphatic rings. The Labute approximate surface area is 135 Å². The lowest BCUT2D eigenvalue weighted by Crippen LogP contribution is -2.38. The molecule has 0 saturated heterocycles. The molecule has 0 aromatic heterocycles. The van der Waals surface area contributed by atoms with Crippen LogP contribution in [-0.2, 0) is 14.4 Å². The fourth-order valence-corrected chi connectivity index (χ4v) is 2.41. The summed E-state index contributed by atoms with van der Waals surface area (Å²) in [6, 6.07) is 5.40. The Balaban J connectivity index is 2.66. The largest absolute Gasteiger partial charge is 0.480 e. The topological polar surface area (TPSA) is 149 Å². The standard InChI is InChI=1S/C16H12O8/c17-12(18)9-3-1-2-8(4-9)10-5-11(13(19)20)7-16(6-10,14(21)22)15(23)24/h1-4,6-7H,5H2,(H,17,18)(H,19,20)(H,21,22)(H,23,24). The molecule has 4 N–H and O–H groups in total. The first-order valence-corrected chi connectivity index (χ1v) is 6.64. The van der Waals surface area contributed by atoms with E-state index in [9.17, 15) is 29.4 Å². The van der Waals surface area contributed by atoms with Crippen LogP contribution in [0.2, 0.25) is 0 Å². The van der Waals surface area contributed by atoms with E-state index in [0.29, 0.717) is 6.08 Å². The van der Waals surface area contributed by atoms with Gasteiger partial charge in [-0.2, -0.15) is 0 Å². The number of aromatic carboxylic acids is 1. The maximum Gasteiger partial charge on any atom is 0.335 e. The second kappa shape index (κ2) is 5.99. The molecular weight excluding hydrogens is 320 g/mol. The number of carboxylic acid groups (broad SMARTS) is 4. The molecule has 24 heavy (non-hydrogen) atoms. The molecule has 0 bridgehead atoms. The molecule has 0 radical (unpaired) electrons. The summed E-state index contributed by atoms with van der Waals surface area (Å²) in [6.45, 7) is 0. The predicted octanol–water partition coefficient (Wildman–Crippen LogP) is 1.34. The van der Waals surface area contributed by atoms with E-state index in [4.69, 9.17) is 10.2 Å². The number of aliphatic carboxylic acids is 3. The predicted molar refractivity (Wildman–Crippen MR) is 79.4 cm³/mol. The van der Waals surface area contributed by atoms with Crippen molar-refractivity contribution in [3.05, 3.63) is 53.1 Å². The number of allylic oxidation sites excluding steroid dienone is 1. The molecular formula is C16H12O8. The molecule has 2 rings (SSSR count). The minimum Gasteiger partial charge on any atom is -0.480 e. The molecule has 1 aliphatic carbocycles. The van der Waals surface area contributed by atoms with Gasteiger partial charge < -0.3 is 20.4 Å². The van der Waals surface area contributed by atoms with E-state index in [1.807, 2.05) is 0 Å². The molecule has 0 fully saturated rings. The Morgan fingerprint density at radius 2 is 1.50 bits per heavy atom. The zero-order chi connectivity index (χ0) is 18.1. The number of hydrogen-bond acceptors (Lipinski definition) is 4. The van der Waals surface area contributed by atoms with Crippen molar-refractivity contribution in [2.75, 3.05) is 0 Å². The second-order valence-electron chi connectivity index (χ2n) is 5.19. The van der Waals surface area contributed by atoms with Crippen molar-refractivity contribution in [3.63, 3.8) is 0 Å². The van der Waals surface area contributed by atoms with Crippen LogP contribution in [0.4, 0.5) is 0 Å². The van der Waals surface area contributed by atoms with Gasteiger partial charge in [-0.15, -0.1) is 0 Å². The van der Waals surface area contributed by atoms with E-state index in [0.717, 1.165) is 6.08 Å². The monoisotopic (exact) mass is 332 g/mol. The van der Waals surface area contributed by atoms with Crippen LogP contribution in [0, 0.1) is 5.41 Å². The Kier molecular flexibility index (Phi) is 4.23. The van der Waals surface area contributed by atoms with Crippen LogP contribution in [0.5, 0.6) is 0 Å². The molecule has 0 amide bonds. The average Bonchev–Trinajstić information content (AvgIpc) is 2.53. The third kappa shape index (κ3) is 2.89. The summed E-state index contributed by atoms with van der Waals surface area (Å²) in [7, 11) is 0. The molecule has 0 saturated carbocycles. The van der Waals surface area contributed by atoms with Crippen molar-refractivity contribution in [3.8, 4) is 0 Å². The Morgan fingerprint density at radius 1 is 0.875 bits per heavy atom. The molecule has 1 aromatic rings. The fourth-order valence-electron chi connectivity index (χ4n) is 2.41. The van der Waals surface area contributed by atoms with Crippen LogP contribution in [-0.4, -0.2) is 44.3 Å². The second-order valence-corrected chi connectivity index (χ2v) is 5.19. The molecule has 0 spiro atoms. The quantitative estimate of drug-likeness (QED) is 0.590. The van der Waals surface area contributed by atoms with Gasteiger partial charge in [-0.3, -0.25) is 9.59 Å². The van der Waals surface area contributed by atoms with E-state index in [-0.39, 0.29) is 23.1 Å². The third-order valence-corrected chi connectivity index (χ3v) is 3.65. The van der Waals surface area contributed by atoms with Gasteiger partial charge in [0, 0.05) is 12.0 Å². The number of carboxylic acids is 4. The molecule has 8 heteroatoms. The fraction of sp³-hybridized carbons (Fsp3) is 0.125. The Bertz CT molecular complexity index is 801. The number of benzene rings is 1. The van der Waals surface area contributed by atoms with Crippen molar-refractivity contribution in [2.24, 2.45) is 5.41 Å². The first-order chi connectivity index (χ1) is 11.2. The highest BCUT2D eigenvalue weighted by Gasteiger charge is 2.46. The molecule has 0 heterocycles. The summed E-state index contributed by atoms with van der Waals surface area (Å²) in [6.07, 6.45) is 1.40.